The summed E-state index contributed by atoms with van der Waals surface area (Å²) in [5.74, 6) is 0.963. The van der Waals surface area contributed by atoms with Crippen molar-refractivity contribution in [1.82, 2.24) is 9.97 Å². The lowest BCUT2D eigenvalue weighted by molar-refractivity contribution is 0.852. The SMILES string of the molecule is CCC(Br)c1nc2ccc(Cl)cc2[nH]1. The van der Waals surface area contributed by atoms with Gasteiger partial charge in [-0.25, -0.2) is 4.98 Å². The molecule has 0 saturated carbocycles. The first kappa shape index (κ1) is 9.99. The molecule has 1 heterocycles. The van der Waals surface area contributed by atoms with Gasteiger partial charge in [0.05, 0.1) is 15.9 Å². The molecule has 1 unspecified atom stereocenters. The minimum atomic E-state index is 0.286. The Labute approximate surface area is 95.8 Å². The van der Waals surface area contributed by atoms with E-state index in [4.69, 9.17) is 11.6 Å². The van der Waals surface area contributed by atoms with Crippen molar-refractivity contribution in [3.63, 3.8) is 0 Å². The molecule has 1 N–H and O–H groups in total. The van der Waals surface area contributed by atoms with Crippen molar-refractivity contribution in [2.45, 2.75) is 18.2 Å². The van der Waals surface area contributed by atoms with E-state index in [-0.39, 0.29) is 4.83 Å². The van der Waals surface area contributed by atoms with Crippen molar-refractivity contribution in [2.24, 2.45) is 0 Å². The van der Waals surface area contributed by atoms with Gasteiger partial charge in [0.15, 0.2) is 0 Å². The van der Waals surface area contributed by atoms with Gasteiger partial charge in [-0.1, -0.05) is 34.5 Å². The third-order valence-corrected chi connectivity index (χ3v) is 3.43. The molecular weight excluding hydrogens is 263 g/mol. The number of H-pyrrole nitrogens is 1. The molecule has 0 amide bonds. The summed E-state index contributed by atoms with van der Waals surface area (Å²) in [7, 11) is 0. The molecule has 0 aliphatic rings. The molecule has 2 rings (SSSR count). The Morgan fingerprint density at radius 3 is 3.07 bits per heavy atom. The van der Waals surface area contributed by atoms with Gasteiger partial charge in [0.1, 0.15) is 5.82 Å². The molecule has 2 nitrogen and oxygen atoms in total. The molecule has 4 heteroatoms. The maximum Gasteiger partial charge on any atom is 0.121 e. The third-order valence-electron chi connectivity index (χ3n) is 2.12. The van der Waals surface area contributed by atoms with Crippen LogP contribution in [0.15, 0.2) is 18.2 Å². The minimum absolute atomic E-state index is 0.286. The van der Waals surface area contributed by atoms with Crippen LogP contribution in [0.5, 0.6) is 0 Å². The standard InChI is InChI=1S/C10H10BrClN2/c1-2-7(11)10-13-8-4-3-6(12)5-9(8)14-10/h3-5,7H,2H2,1H3,(H,13,14). The molecule has 1 atom stereocenters. The van der Waals surface area contributed by atoms with E-state index < -0.39 is 0 Å². The van der Waals surface area contributed by atoms with Crippen LogP contribution in [0.25, 0.3) is 11.0 Å². The highest BCUT2D eigenvalue weighted by Gasteiger charge is 2.09. The van der Waals surface area contributed by atoms with Gasteiger partial charge < -0.3 is 4.98 Å². The largest absolute Gasteiger partial charge is 0.341 e. The van der Waals surface area contributed by atoms with E-state index in [0.717, 1.165) is 28.3 Å². The number of alkyl halides is 1. The molecule has 0 fully saturated rings. The van der Waals surface area contributed by atoms with E-state index in [1.807, 2.05) is 18.2 Å². The Hall–Kier alpha value is -0.540. The lowest BCUT2D eigenvalue weighted by Gasteiger charge is -1.99. The zero-order chi connectivity index (χ0) is 10.1. The first-order valence-corrected chi connectivity index (χ1v) is 5.79. The average Bonchev–Trinajstić information content (AvgIpc) is 2.59. The zero-order valence-electron chi connectivity index (χ0n) is 7.72. The lowest BCUT2D eigenvalue weighted by Crippen LogP contribution is -1.89. The maximum atomic E-state index is 5.88. The number of fused-ring (bicyclic) bond motifs is 1. The van der Waals surface area contributed by atoms with Crippen molar-refractivity contribution >= 4 is 38.6 Å². The highest BCUT2D eigenvalue weighted by molar-refractivity contribution is 9.09. The van der Waals surface area contributed by atoms with Crippen LogP contribution >= 0.6 is 27.5 Å². The van der Waals surface area contributed by atoms with Crippen molar-refractivity contribution in [1.29, 1.82) is 0 Å². The van der Waals surface area contributed by atoms with Crippen LogP contribution in [-0.2, 0) is 0 Å². The first-order valence-electron chi connectivity index (χ1n) is 4.50. The summed E-state index contributed by atoms with van der Waals surface area (Å²) in [5.41, 5.74) is 1.95. The predicted molar refractivity (Wildman–Crippen MR) is 63.1 cm³/mol. The Balaban J connectivity index is 2.51. The zero-order valence-corrected chi connectivity index (χ0v) is 10.1. The highest BCUT2D eigenvalue weighted by atomic mass is 79.9. The normalized spacial score (nSPS) is 13.4. The maximum absolute atomic E-state index is 5.88. The smallest absolute Gasteiger partial charge is 0.121 e. The van der Waals surface area contributed by atoms with E-state index >= 15 is 0 Å². The summed E-state index contributed by atoms with van der Waals surface area (Å²) in [4.78, 5) is 7.99. The average molecular weight is 274 g/mol. The molecule has 2 aromatic rings. The van der Waals surface area contributed by atoms with Crippen LogP contribution in [0, 0.1) is 0 Å². The van der Waals surface area contributed by atoms with Crippen molar-refractivity contribution in [3.05, 3.63) is 29.0 Å². The van der Waals surface area contributed by atoms with Crippen molar-refractivity contribution in [2.75, 3.05) is 0 Å². The lowest BCUT2D eigenvalue weighted by atomic mass is 10.3. The number of nitrogens with zero attached hydrogens (tertiary/aromatic N) is 1. The van der Waals surface area contributed by atoms with Gasteiger partial charge in [-0.15, -0.1) is 0 Å². The quantitative estimate of drug-likeness (QED) is 0.821. The third kappa shape index (κ3) is 1.79. The summed E-state index contributed by atoms with van der Waals surface area (Å²) in [6.07, 6.45) is 1.01. The molecule has 0 saturated heterocycles. The number of rotatable bonds is 2. The summed E-state index contributed by atoms with van der Waals surface area (Å²) >= 11 is 9.44. The Kier molecular flexibility index (Phi) is 2.79. The fourth-order valence-electron chi connectivity index (χ4n) is 1.34. The van der Waals surface area contributed by atoms with Crippen LogP contribution in [-0.4, -0.2) is 9.97 Å². The van der Waals surface area contributed by atoms with E-state index in [2.05, 4.69) is 32.8 Å². The molecule has 74 valence electrons. The van der Waals surface area contributed by atoms with Gasteiger partial charge in [0.25, 0.3) is 0 Å². The number of aromatic amines is 1. The molecule has 0 bridgehead atoms. The van der Waals surface area contributed by atoms with Crippen molar-refractivity contribution in [3.8, 4) is 0 Å². The minimum Gasteiger partial charge on any atom is -0.341 e. The van der Waals surface area contributed by atoms with E-state index in [1.165, 1.54) is 0 Å². The summed E-state index contributed by atoms with van der Waals surface area (Å²) in [6, 6.07) is 5.67. The molecule has 0 radical (unpaired) electrons. The number of imidazole rings is 1. The van der Waals surface area contributed by atoms with Gasteiger partial charge in [-0.2, -0.15) is 0 Å². The fourth-order valence-corrected chi connectivity index (χ4v) is 1.73. The van der Waals surface area contributed by atoms with Gasteiger partial charge in [-0.05, 0) is 24.6 Å². The van der Waals surface area contributed by atoms with Gasteiger partial charge in [0, 0.05) is 5.02 Å². The van der Waals surface area contributed by atoms with E-state index in [0.29, 0.717) is 0 Å². The Bertz CT molecular complexity index is 452. The van der Waals surface area contributed by atoms with E-state index in [9.17, 15) is 0 Å². The molecule has 14 heavy (non-hydrogen) atoms. The fraction of sp³-hybridized carbons (Fsp3) is 0.300. The van der Waals surface area contributed by atoms with Crippen LogP contribution in [0.2, 0.25) is 5.02 Å². The number of hydrogen-bond donors (Lipinski definition) is 1. The summed E-state index contributed by atoms with van der Waals surface area (Å²) in [5, 5.41) is 0.732. The van der Waals surface area contributed by atoms with Crippen LogP contribution < -0.4 is 0 Å². The first-order chi connectivity index (χ1) is 6.70. The van der Waals surface area contributed by atoms with Gasteiger partial charge in [-0.3, -0.25) is 0 Å². The number of benzene rings is 1. The molecular formula is C10H10BrClN2. The van der Waals surface area contributed by atoms with E-state index in [1.54, 1.807) is 0 Å². The van der Waals surface area contributed by atoms with Crippen LogP contribution in [0.3, 0.4) is 0 Å². The second-order valence-corrected chi connectivity index (χ2v) is 4.70. The predicted octanol–water partition coefficient (Wildman–Crippen LogP) is 4.06. The number of aromatic nitrogens is 2. The summed E-state index contributed by atoms with van der Waals surface area (Å²) < 4.78 is 0. The van der Waals surface area contributed by atoms with Crippen LogP contribution in [0.4, 0.5) is 0 Å². The van der Waals surface area contributed by atoms with Gasteiger partial charge in [0.2, 0.25) is 0 Å². The number of hydrogen-bond acceptors (Lipinski definition) is 1. The summed E-state index contributed by atoms with van der Waals surface area (Å²) in [6.45, 7) is 2.11. The molecule has 0 aliphatic carbocycles. The molecule has 1 aromatic heterocycles. The second kappa shape index (κ2) is 3.91. The topological polar surface area (TPSA) is 28.7 Å². The highest BCUT2D eigenvalue weighted by Crippen LogP contribution is 2.26. The Morgan fingerprint density at radius 2 is 2.36 bits per heavy atom. The monoisotopic (exact) mass is 272 g/mol. The Morgan fingerprint density at radius 1 is 1.57 bits per heavy atom. The number of nitrogens with one attached hydrogen (secondary N) is 1. The molecule has 0 spiro atoms. The molecule has 0 aliphatic heterocycles. The van der Waals surface area contributed by atoms with Crippen molar-refractivity contribution < 1.29 is 0 Å². The number of halogens is 2. The van der Waals surface area contributed by atoms with Crippen LogP contribution in [0.1, 0.15) is 24.0 Å². The molecule has 1 aromatic carbocycles. The van der Waals surface area contributed by atoms with Gasteiger partial charge >= 0.3 is 0 Å². The second-order valence-electron chi connectivity index (χ2n) is 3.16.